The van der Waals surface area contributed by atoms with E-state index in [2.05, 4.69) is 29.7 Å². The Bertz CT molecular complexity index is 1080. The van der Waals surface area contributed by atoms with Crippen molar-refractivity contribution in [3.63, 3.8) is 0 Å². The number of halogens is 1. The molecule has 1 N–H and O–H groups in total. The average molecular weight is 506 g/mol. The van der Waals surface area contributed by atoms with Crippen LogP contribution < -0.4 is 0 Å². The number of fused-ring (bicyclic) bond motifs is 5. The zero-order chi connectivity index (χ0) is 22.0. The maximum atomic E-state index is 14.8. The molecule has 6 atom stereocenters. The van der Waals surface area contributed by atoms with Crippen molar-refractivity contribution >= 4 is 5.69 Å². The van der Waals surface area contributed by atoms with Gasteiger partial charge >= 0.3 is 0 Å². The maximum absolute atomic E-state index is 14.8. The molecule has 0 spiro atoms. The molecule has 0 saturated heterocycles. The van der Waals surface area contributed by atoms with Gasteiger partial charge in [0.05, 0.1) is 12.2 Å². The summed E-state index contributed by atoms with van der Waals surface area (Å²) in [5.74, 6) is 0.922. The van der Waals surface area contributed by atoms with Gasteiger partial charge in [0.25, 0.3) is 0 Å². The van der Waals surface area contributed by atoms with E-state index in [4.69, 9.17) is 6.57 Å². The molecule has 5 heteroatoms. The Hall–Kier alpha value is -1.15. The topological polar surface area (TPSA) is 37.5 Å². The van der Waals surface area contributed by atoms with E-state index >= 15 is 0 Å². The van der Waals surface area contributed by atoms with E-state index in [9.17, 15) is 9.50 Å². The molecule has 1 radical (unpaired) electrons. The first-order valence-corrected chi connectivity index (χ1v) is 11.6. The van der Waals surface area contributed by atoms with E-state index in [1.165, 1.54) is 0 Å². The van der Waals surface area contributed by atoms with E-state index in [-0.39, 0.29) is 55.5 Å². The maximum Gasteiger partial charge on any atom is 0.222 e. The Balaban J connectivity index is 0.00000245. The largest absolute Gasteiger partial charge is 0.389 e. The molecular weight excluding hydrogens is 476 g/mol. The van der Waals surface area contributed by atoms with E-state index < -0.39 is 5.60 Å². The number of pyridine rings is 1. The summed E-state index contributed by atoms with van der Waals surface area (Å²) < 4.78 is 14.8. The van der Waals surface area contributed by atoms with Crippen LogP contribution in [0.25, 0.3) is 4.85 Å². The monoisotopic (exact) mass is 506 g/mol. The minimum atomic E-state index is -0.771. The Morgan fingerprint density at radius 3 is 2.75 bits per heavy atom. The smallest absolute Gasteiger partial charge is 0.222 e. The zero-order valence-electron chi connectivity index (χ0n) is 19.2. The van der Waals surface area contributed by atoms with Gasteiger partial charge in [-0.1, -0.05) is 37.9 Å². The molecule has 5 rings (SSSR count). The summed E-state index contributed by atoms with van der Waals surface area (Å²) in [7, 11) is 0. The molecule has 4 unspecified atom stereocenters. The molecule has 165 valence electrons. The molecule has 0 aliphatic heterocycles. The molecule has 1 aromatic heterocycles. The van der Waals surface area contributed by atoms with Crippen LogP contribution in [0.15, 0.2) is 24.4 Å². The Kier molecular flexibility index (Phi) is 6.43. The van der Waals surface area contributed by atoms with Gasteiger partial charge in [-0.25, -0.2) is 20.9 Å². The third-order valence-corrected chi connectivity index (χ3v) is 9.19. The minimum absolute atomic E-state index is 0. The van der Waals surface area contributed by atoms with E-state index in [1.54, 1.807) is 6.07 Å². The summed E-state index contributed by atoms with van der Waals surface area (Å²) in [6, 6.07) is 9.03. The minimum Gasteiger partial charge on any atom is -0.389 e. The van der Waals surface area contributed by atoms with Gasteiger partial charge in [0.15, 0.2) is 0 Å². The van der Waals surface area contributed by atoms with Gasteiger partial charge < -0.3 is 10.1 Å². The molecule has 0 amide bonds. The molecule has 2 aromatic rings. The van der Waals surface area contributed by atoms with Crippen LogP contribution >= 0.6 is 0 Å². The SMILES string of the molecule is [C-]#[N+]c1ccc2c(c1F)CCC1C2CC[C@@]2(C)C1CC[C@@]2(O)C(C)c1[c-]c(C)ncc1.[Y]. The van der Waals surface area contributed by atoms with Crippen molar-refractivity contribution in [2.75, 3.05) is 0 Å². The van der Waals surface area contributed by atoms with E-state index in [0.29, 0.717) is 24.2 Å². The normalized spacial score (nSPS) is 33.8. The van der Waals surface area contributed by atoms with Crippen LogP contribution in [0.1, 0.15) is 80.2 Å². The molecule has 3 nitrogen and oxygen atoms in total. The molecule has 1 aromatic carbocycles. The second-order valence-electron chi connectivity index (χ2n) is 10.2. The zero-order valence-corrected chi connectivity index (χ0v) is 22.0. The van der Waals surface area contributed by atoms with Gasteiger partial charge in [-0.3, -0.25) is 0 Å². The number of nitrogens with zero attached hydrogens (tertiary/aromatic N) is 2. The van der Waals surface area contributed by atoms with Crippen molar-refractivity contribution in [1.29, 1.82) is 0 Å². The first-order valence-electron chi connectivity index (χ1n) is 11.6. The molecular formula is C27H30FN2OY-. The van der Waals surface area contributed by atoms with E-state index in [0.717, 1.165) is 54.5 Å². The summed E-state index contributed by atoms with van der Waals surface area (Å²) in [4.78, 5) is 7.63. The summed E-state index contributed by atoms with van der Waals surface area (Å²) in [5, 5.41) is 12.1. The fourth-order valence-corrected chi connectivity index (χ4v) is 7.48. The summed E-state index contributed by atoms with van der Waals surface area (Å²) in [6.07, 6.45) is 7.18. The Labute approximate surface area is 215 Å². The summed E-state index contributed by atoms with van der Waals surface area (Å²) >= 11 is 0. The van der Waals surface area contributed by atoms with Crippen LogP contribution in [0, 0.1) is 42.6 Å². The fraction of sp³-hybridized carbons (Fsp3) is 0.556. The van der Waals surface area contributed by atoms with Gasteiger partial charge in [0.2, 0.25) is 5.69 Å². The van der Waals surface area contributed by atoms with E-state index in [1.807, 2.05) is 25.3 Å². The van der Waals surface area contributed by atoms with Crippen molar-refractivity contribution < 1.29 is 42.2 Å². The molecule has 0 bridgehead atoms. The number of aliphatic hydroxyl groups is 1. The first-order chi connectivity index (χ1) is 14.8. The molecule has 32 heavy (non-hydrogen) atoms. The third-order valence-electron chi connectivity index (χ3n) is 9.19. The van der Waals surface area contributed by atoms with Crippen LogP contribution in [-0.4, -0.2) is 15.7 Å². The van der Waals surface area contributed by atoms with Gasteiger partial charge in [0, 0.05) is 32.7 Å². The average Bonchev–Trinajstić information content (AvgIpc) is 3.05. The number of aromatic nitrogens is 1. The fourth-order valence-electron chi connectivity index (χ4n) is 7.48. The van der Waals surface area contributed by atoms with Crippen LogP contribution in [0.5, 0.6) is 0 Å². The summed E-state index contributed by atoms with van der Waals surface area (Å²) in [5.41, 5.74) is 3.00. The van der Waals surface area contributed by atoms with Crippen molar-refractivity contribution in [2.24, 2.45) is 17.3 Å². The van der Waals surface area contributed by atoms with Crippen LogP contribution in [-0.2, 0) is 39.1 Å². The second kappa shape index (κ2) is 8.57. The third kappa shape index (κ3) is 3.34. The number of hydrogen-bond acceptors (Lipinski definition) is 2. The van der Waals surface area contributed by atoms with Crippen LogP contribution in [0.3, 0.4) is 0 Å². The van der Waals surface area contributed by atoms with Crippen molar-refractivity contribution in [3.8, 4) is 0 Å². The number of benzene rings is 1. The van der Waals surface area contributed by atoms with Crippen molar-refractivity contribution in [3.05, 3.63) is 70.1 Å². The Morgan fingerprint density at radius 2 is 2.03 bits per heavy atom. The first kappa shape index (κ1) is 24.0. The standard InChI is InChI=1S/C27H30FN2O.Y/c1-16-15-18(11-14-30-16)17(2)27(31)13-10-23-21-5-6-22-19(7-8-24(29-4)25(22)28)20(21)9-12-26(23,27)3;/h7-8,11,14,17,20-21,23,31H,5-6,9-10,12-13H2,1-3H3;/q-1;/t17?,20?,21?,23?,26-,27+;/m0./s1. The molecule has 2 fully saturated rings. The molecule has 3 aliphatic carbocycles. The summed E-state index contributed by atoms with van der Waals surface area (Å²) in [6.45, 7) is 13.6. The quantitative estimate of drug-likeness (QED) is 0.488. The molecule has 2 saturated carbocycles. The predicted molar refractivity (Wildman–Crippen MR) is 118 cm³/mol. The predicted octanol–water partition coefficient (Wildman–Crippen LogP) is 6.27. The number of rotatable bonds is 2. The van der Waals surface area contributed by atoms with Gasteiger partial charge in [-0.15, -0.1) is 0 Å². The number of aryl methyl sites for hydroxylation is 1. The van der Waals surface area contributed by atoms with Crippen molar-refractivity contribution in [1.82, 2.24) is 4.98 Å². The van der Waals surface area contributed by atoms with Gasteiger partial charge in [-0.2, -0.15) is 6.07 Å². The molecule has 1 heterocycles. The molecule has 3 aliphatic rings. The number of hydrogen-bond donors (Lipinski definition) is 1. The van der Waals surface area contributed by atoms with Gasteiger partial charge in [0.1, 0.15) is 5.82 Å². The van der Waals surface area contributed by atoms with Crippen LogP contribution in [0.4, 0.5) is 10.1 Å². The van der Waals surface area contributed by atoms with Crippen molar-refractivity contribution in [2.45, 2.75) is 76.7 Å². The van der Waals surface area contributed by atoms with Gasteiger partial charge in [-0.05, 0) is 85.7 Å². The van der Waals surface area contributed by atoms with Crippen LogP contribution in [0.2, 0.25) is 0 Å². The Morgan fingerprint density at radius 1 is 1.25 bits per heavy atom. The second-order valence-corrected chi connectivity index (χ2v) is 10.2.